The summed E-state index contributed by atoms with van der Waals surface area (Å²) in [5.41, 5.74) is 5.99. The Bertz CT molecular complexity index is 1460. The number of piperazine rings is 1. The Kier molecular flexibility index (Phi) is 10.3. The molecule has 4 heterocycles. The second-order valence-electron chi connectivity index (χ2n) is 10.8. The highest BCUT2D eigenvalue weighted by molar-refractivity contribution is 7.99. The Morgan fingerprint density at radius 3 is 2.32 bits per heavy atom. The van der Waals surface area contributed by atoms with Gasteiger partial charge in [-0.3, -0.25) is 9.36 Å². The predicted octanol–water partition coefficient (Wildman–Crippen LogP) is 5.93. The van der Waals surface area contributed by atoms with Crippen molar-refractivity contribution >= 4 is 29.0 Å². The first-order valence-electron chi connectivity index (χ1n) is 14.4. The first-order valence-corrected chi connectivity index (χ1v) is 15.4. The van der Waals surface area contributed by atoms with Crippen molar-refractivity contribution in [3.63, 3.8) is 0 Å². The van der Waals surface area contributed by atoms with E-state index in [1.54, 1.807) is 16.3 Å². The third-order valence-electron chi connectivity index (χ3n) is 7.30. The number of anilines is 3. The summed E-state index contributed by atoms with van der Waals surface area (Å²) >= 11 is 1.79. The molecule has 1 N–H and O–H groups in total. The lowest BCUT2D eigenvalue weighted by molar-refractivity contribution is 0.630. The van der Waals surface area contributed by atoms with Crippen LogP contribution in [-0.4, -0.2) is 51.5 Å². The lowest BCUT2D eigenvalue weighted by Gasteiger charge is -2.37. The van der Waals surface area contributed by atoms with E-state index >= 15 is 0 Å². The molecule has 1 atom stereocenters. The third kappa shape index (κ3) is 7.79. The SMILES string of the molecule is CCCSc1nc(C)ccc1NC(C)c1ccc(N2CCN(c3cnc(C)nc3)CC2)n(C)c(=O)c(C)cc(C)c1. The van der Waals surface area contributed by atoms with E-state index in [9.17, 15) is 4.79 Å². The van der Waals surface area contributed by atoms with Gasteiger partial charge in [-0.2, -0.15) is 0 Å². The predicted molar refractivity (Wildman–Crippen MR) is 172 cm³/mol. The Morgan fingerprint density at radius 2 is 1.63 bits per heavy atom. The van der Waals surface area contributed by atoms with E-state index in [2.05, 4.69) is 69.3 Å². The maximum absolute atomic E-state index is 13.4. The molecule has 9 heteroatoms. The van der Waals surface area contributed by atoms with Crippen LogP contribution in [0.25, 0.3) is 0 Å². The standard InChI is InChI=1S/C32H43N7OS/c1-8-17-41-31-29(11-9-24(4)35-31)36-25(5)27-10-12-30(37(7)32(40)23(3)18-22(2)19-27)39-15-13-38(14-16-39)28-20-33-26(6)34-21-28/h9-12,18-21,25,36H,8,13-17H2,1-7H3. The molecule has 1 unspecified atom stereocenters. The fourth-order valence-corrected chi connectivity index (χ4v) is 5.89. The highest BCUT2D eigenvalue weighted by Gasteiger charge is 2.20. The number of nitrogens with one attached hydrogen (secondary N) is 1. The lowest BCUT2D eigenvalue weighted by Crippen LogP contribution is -2.47. The molecule has 0 saturated carbocycles. The summed E-state index contributed by atoms with van der Waals surface area (Å²) in [6.07, 6.45) is 4.87. The van der Waals surface area contributed by atoms with Crippen LogP contribution in [0.4, 0.5) is 17.2 Å². The van der Waals surface area contributed by atoms with Gasteiger partial charge in [0.1, 0.15) is 16.7 Å². The van der Waals surface area contributed by atoms with Crippen molar-refractivity contribution in [1.82, 2.24) is 19.5 Å². The molecule has 3 aromatic heterocycles. The van der Waals surface area contributed by atoms with Gasteiger partial charge in [0, 0.05) is 50.5 Å². The summed E-state index contributed by atoms with van der Waals surface area (Å²) in [4.78, 5) is 31.5. The van der Waals surface area contributed by atoms with E-state index in [4.69, 9.17) is 4.98 Å². The topological polar surface area (TPSA) is 79.2 Å². The zero-order valence-electron chi connectivity index (χ0n) is 25.4. The van der Waals surface area contributed by atoms with Crippen LogP contribution in [0.5, 0.6) is 0 Å². The number of thioether (sulfide) groups is 1. The lowest BCUT2D eigenvalue weighted by atomic mass is 10.1. The van der Waals surface area contributed by atoms with Gasteiger partial charge >= 0.3 is 0 Å². The normalized spacial score (nSPS) is 14.0. The van der Waals surface area contributed by atoms with Gasteiger partial charge in [-0.25, -0.2) is 15.0 Å². The molecule has 1 aliphatic heterocycles. The number of pyridine rings is 1. The molecule has 0 spiro atoms. The molecule has 3 aromatic rings. The molecule has 0 radical (unpaired) electrons. The molecule has 0 bridgehead atoms. The van der Waals surface area contributed by atoms with Crippen LogP contribution in [-0.2, 0) is 7.05 Å². The average Bonchev–Trinajstić information content (AvgIpc) is 2.96. The summed E-state index contributed by atoms with van der Waals surface area (Å²) < 4.78 is 1.78. The van der Waals surface area contributed by atoms with Crippen LogP contribution in [0.15, 0.2) is 58.6 Å². The first-order chi connectivity index (χ1) is 19.7. The minimum atomic E-state index is 0.00436. The quantitative estimate of drug-likeness (QED) is 0.332. The van der Waals surface area contributed by atoms with Crippen molar-refractivity contribution in [3.05, 3.63) is 87.4 Å². The van der Waals surface area contributed by atoms with E-state index in [0.29, 0.717) is 5.56 Å². The maximum atomic E-state index is 13.4. The van der Waals surface area contributed by atoms with E-state index in [1.165, 1.54) is 0 Å². The molecule has 0 amide bonds. The van der Waals surface area contributed by atoms with Gasteiger partial charge in [0.25, 0.3) is 5.56 Å². The molecule has 41 heavy (non-hydrogen) atoms. The van der Waals surface area contributed by atoms with E-state index in [-0.39, 0.29) is 11.6 Å². The fourth-order valence-electron chi connectivity index (χ4n) is 5.00. The number of aryl methyl sites for hydroxylation is 4. The number of hydrogen-bond acceptors (Lipinski definition) is 8. The summed E-state index contributed by atoms with van der Waals surface area (Å²) in [6.45, 7) is 15.5. The third-order valence-corrected chi connectivity index (χ3v) is 8.50. The minimum absolute atomic E-state index is 0.00436. The van der Waals surface area contributed by atoms with Gasteiger partial charge < -0.3 is 15.1 Å². The number of nitrogens with zero attached hydrogens (tertiary/aromatic N) is 6. The van der Waals surface area contributed by atoms with Gasteiger partial charge in [0.15, 0.2) is 0 Å². The van der Waals surface area contributed by atoms with Gasteiger partial charge in [-0.15, -0.1) is 11.8 Å². The van der Waals surface area contributed by atoms with Crippen LogP contribution < -0.4 is 20.7 Å². The van der Waals surface area contributed by atoms with Crippen molar-refractivity contribution in [2.24, 2.45) is 7.05 Å². The molecule has 1 aliphatic rings. The van der Waals surface area contributed by atoms with Crippen molar-refractivity contribution < 1.29 is 0 Å². The number of rotatable bonds is 8. The second-order valence-corrected chi connectivity index (χ2v) is 11.8. The molecule has 1 fully saturated rings. The van der Waals surface area contributed by atoms with Gasteiger partial charge in [-0.05, 0) is 70.6 Å². The van der Waals surface area contributed by atoms with Gasteiger partial charge in [-0.1, -0.05) is 30.7 Å². The smallest absolute Gasteiger partial charge is 0.254 e. The molecule has 0 aliphatic carbocycles. The summed E-state index contributed by atoms with van der Waals surface area (Å²) in [6, 6.07) is 12.6. The van der Waals surface area contributed by atoms with Crippen LogP contribution in [0.1, 0.15) is 54.5 Å². The molecule has 218 valence electrons. The van der Waals surface area contributed by atoms with Gasteiger partial charge in [0.2, 0.25) is 0 Å². The summed E-state index contributed by atoms with van der Waals surface area (Å²) in [5, 5.41) is 4.75. The monoisotopic (exact) mass is 573 g/mol. The van der Waals surface area contributed by atoms with Crippen molar-refractivity contribution in [2.45, 2.75) is 59.0 Å². The zero-order chi connectivity index (χ0) is 29.5. The summed E-state index contributed by atoms with van der Waals surface area (Å²) in [7, 11) is 1.87. The molecule has 4 rings (SSSR count). The Labute approximate surface area is 248 Å². The number of hydrogen-bond donors (Lipinski definition) is 1. The zero-order valence-corrected chi connectivity index (χ0v) is 26.3. The van der Waals surface area contributed by atoms with Crippen LogP contribution >= 0.6 is 11.8 Å². The first kappa shape index (κ1) is 30.4. The van der Waals surface area contributed by atoms with Crippen molar-refractivity contribution in [3.8, 4) is 0 Å². The van der Waals surface area contributed by atoms with E-state index in [1.807, 2.05) is 53.2 Å². The highest BCUT2D eigenvalue weighted by atomic mass is 32.2. The average molecular weight is 574 g/mol. The minimum Gasteiger partial charge on any atom is -0.376 e. The Balaban J connectivity index is 1.67. The molecule has 1 saturated heterocycles. The maximum Gasteiger partial charge on any atom is 0.254 e. The fraction of sp³-hybridized carbons (Fsp3) is 0.438. The van der Waals surface area contributed by atoms with Crippen LogP contribution in [0.3, 0.4) is 0 Å². The van der Waals surface area contributed by atoms with E-state index < -0.39 is 0 Å². The summed E-state index contributed by atoms with van der Waals surface area (Å²) in [5.74, 6) is 2.70. The highest BCUT2D eigenvalue weighted by Crippen LogP contribution is 2.29. The molecule has 0 aromatic carbocycles. The Morgan fingerprint density at radius 1 is 0.951 bits per heavy atom. The molecular formula is C32H43N7OS. The van der Waals surface area contributed by atoms with Crippen molar-refractivity contribution in [2.75, 3.05) is 47.0 Å². The van der Waals surface area contributed by atoms with Crippen molar-refractivity contribution in [1.29, 1.82) is 0 Å². The van der Waals surface area contributed by atoms with E-state index in [0.717, 1.165) is 83.2 Å². The molecular weight excluding hydrogens is 530 g/mol. The largest absolute Gasteiger partial charge is 0.376 e. The van der Waals surface area contributed by atoms with Crippen LogP contribution in [0, 0.1) is 27.7 Å². The number of aromatic nitrogens is 4. The van der Waals surface area contributed by atoms with Gasteiger partial charge in [0.05, 0.1) is 23.8 Å². The Hall–Kier alpha value is -3.59. The molecule has 8 nitrogen and oxygen atoms in total. The second kappa shape index (κ2) is 13.9. The van der Waals surface area contributed by atoms with Crippen LogP contribution in [0.2, 0.25) is 0 Å².